The zero-order valence-corrected chi connectivity index (χ0v) is 21.6. The highest BCUT2D eigenvalue weighted by molar-refractivity contribution is 6.11. The van der Waals surface area contributed by atoms with Gasteiger partial charge in [-0.1, -0.05) is 91.0 Å². The summed E-state index contributed by atoms with van der Waals surface area (Å²) < 4.78 is 4.76. The molecule has 0 N–H and O–H groups in total. The topological polar surface area (TPSA) is 9.86 Å². The van der Waals surface area contributed by atoms with E-state index in [1.54, 1.807) is 0 Å². The smallest absolute Gasteiger partial charge is 0.0541 e. The first-order chi connectivity index (χ1) is 18.7. The average molecular weight is 489 g/mol. The number of hydrogen-bond acceptors (Lipinski definition) is 0. The number of nitrogens with zero attached hydrogens (tertiary/aromatic N) is 2. The van der Waals surface area contributed by atoms with Crippen molar-refractivity contribution in [1.29, 1.82) is 0 Å². The molecular weight excluding hydrogens is 460 g/mol. The lowest BCUT2D eigenvalue weighted by molar-refractivity contribution is 1.18. The maximum absolute atomic E-state index is 2.38. The lowest BCUT2D eigenvalue weighted by atomic mass is 10.0. The Morgan fingerprint density at radius 1 is 0.553 bits per heavy atom. The Bertz CT molecular complexity index is 1940. The van der Waals surface area contributed by atoms with Crippen molar-refractivity contribution >= 4 is 54.9 Å². The second kappa shape index (κ2) is 8.93. The van der Waals surface area contributed by atoms with Crippen LogP contribution in [-0.4, -0.2) is 9.13 Å². The summed E-state index contributed by atoms with van der Waals surface area (Å²) in [6.45, 7) is 4.33. The summed E-state index contributed by atoms with van der Waals surface area (Å²) in [5.74, 6) is 0. The molecule has 0 atom stereocenters. The molecule has 2 aromatic heterocycles. The standard InChI is InChI=1S/C36H28N2/c1-3-26(23-25(2)37-33-19-8-4-15-29(33)30-16-5-9-20-34(30)37)27-13-12-14-28(24-27)38-35-21-10-6-17-31(35)32-18-7-11-22-36(32)38/h3-24H,1-2H3/b25-23+,26-3+. The zero-order valence-electron chi connectivity index (χ0n) is 21.6. The second-order valence-electron chi connectivity index (χ2n) is 9.82. The van der Waals surface area contributed by atoms with Crippen molar-refractivity contribution in [3.8, 4) is 5.69 Å². The predicted molar refractivity (Wildman–Crippen MR) is 164 cm³/mol. The number of hydrogen-bond donors (Lipinski definition) is 0. The fourth-order valence-electron chi connectivity index (χ4n) is 5.95. The summed E-state index contributed by atoms with van der Waals surface area (Å²) in [5, 5.41) is 5.13. The summed E-state index contributed by atoms with van der Waals surface area (Å²) in [6.07, 6.45) is 4.52. The van der Waals surface area contributed by atoms with Gasteiger partial charge in [-0.15, -0.1) is 0 Å². The number of para-hydroxylation sites is 4. The van der Waals surface area contributed by atoms with E-state index >= 15 is 0 Å². The third kappa shape index (κ3) is 3.42. The van der Waals surface area contributed by atoms with E-state index in [1.165, 1.54) is 66.1 Å². The summed E-state index contributed by atoms with van der Waals surface area (Å²) >= 11 is 0. The van der Waals surface area contributed by atoms with Crippen LogP contribution in [0.2, 0.25) is 0 Å². The van der Waals surface area contributed by atoms with Gasteiger partial charge in [0.15, 0.2) is 0 Å². The number of aromatic nitrogens is 2. The molecule has 2 heteroatoms. The summed E-state index contributed by atoms with van der Waals surface area (Å²) in [7, 11) is 0. The Hall–Kier alpha value is -4.82. The Labute approximate surface area is 222 Å². The largest absolute Gasteiger partial charge is 0.313 e. The van der Waals surface area contributed by atoms with Crippen molar-refractivity contribution in [3.05, 3.63) is 139 Å². The summed E-state index contributed by atoms with van der Waals surface area (Å²) in [4.78, 5) is 0. The molecule has 0 unspecified atom stereocenters. The second-order valence-corrected chi connectivity index (χ2v) is 9.82. The van der Waals surface area contributed by atoms with Gasteiger partial charge in [-0.25, -0.2) is 0 Å². The van der Waals surface area contributed by atoms with Crippen LogP contribution in [-0.2, 0) is 0 Å². The highest BCUT2D eigenvalue weighted by atomic mass is 15.0. The van der Waals surface area contributed by atoms with Gasteiger partial charge in [0.05, 0.1) is 22.1 Å². The lowest BCUT2D eigenvalue weighted by Gasteiger charge is -2.13. The minimum absolute atomic E-state index is 1.17. The molecule has 2 heterocycles. The molecule has 7 rings (SSSR count). The van der Waals surface area contributed by atoms with Gasteiger partial charge >= 0.3 is 0 Å². The van der Waals surface area contributed by atoms with Crippen molar-refractivity contribution in [2.24, 2.45) is 0 Å². The Balaban J connectivity index is 1.38. The molecule has 0 amide bonds. The van der Waals surface area contributed by atoms with E-state index in [0.717, 1.165) is 0 Å². The highest BCUT2D eigenvalue weighted by Gasteiger charge is 2.14. The zero-order chi connectivity index (χ0) is 25.6. The Kier molecular flexibility index (Phi) is 5.26. The molecule has 7 aromatic rings. The van der Waals surface area contributed by atoms with E-state index in [-0.39, 0.29) is 0 Å². The highest BCUT2D eigenvalue weighted by Crippen LogP contribution is 2.34. The van der Waals surface area contributed by atoms with Crippen LogP contribution in [0.25, 0.3) is 60.6 Å². The molecule has 0 aliphatic carbocycles. The van der Waals surface area contributed by atoms with Crippen LogP contribution in [0.5, 0.6) is 0 Å². The molecule has 0 radical (unpaired) electrons. The summed E-state index contributed by atoms with van der Waals surface area (Å²) in [6, 6.07) is 43.6. The van der Waals surface area contributed by atoms with E-state index in [9.17, 15) is 0 Å². The minimum Gasteiger partial charge on any atom is -0.313 e. The van der Waals surface area contributed by atoms with Gasteiger partial charge in [-0.3, -0.25) is 0 Å². The molecule has 182 valence electrons. The molecule has 38 heavy (non-hydrogen) atoms. The van der Waals surface area contributed by atoms with Gasteiger partial charge in [0, 0.05) is 32.9 Å². The van der Waals surface area contributed by atoms with Crippen molar-refractivity contribution < 1.29 is 0 Å². The number of allylic oxidation sites excluding steroid dienone is 4. The molecule has 0 aliphatic rings. The van der Waals surface area contributed by atoms with Gasteiger partial charge in [0.25, 0.3) is 0 Å². The molecular formula is C36H28N2. The lowest BCUT2D eigenvalue weighted by Crippen LogP contribution is -1.96. The maximum Gasteiger partial charge on any atom is 0.0541 e. The SMILES string of the molecule is C/C=C(\C=C(/C)n1c2ccccc2c2ccccc21)c1cccc(-n2c3ccccc3c3ccccc32)c1. The molecule has 2 nitrogen and oxygen atoms in total. The fraction of sp³-hybridized carbons (Fsp3) is 0.0556. The number of fused-ring (bicyclic) bond motifs is 6. The number of rotatable bonds is 4. The van der Waals surface area contributed by atoms with Gasteiger partial charge < -0.3 is 9.13 Å². The molecule has 0 aliphatic heterocycles. The van der Waals surface area contributed by atoms with E-state index in [2.05, 4.69) is 156 Å². The van der Waals surface area contributed by atoms with Gasteiger partial charge in [-0.2, -0.15) is 0 Å². The van der Waals surface area contributed by atoms with Crippen LogP contribution in [0.15, 0.2) is 133 Å². The van der Waals surface area contributed by atoms with Crippen LogP contribution >= 0.6 is 0 Å². The molecule has 0 saturated heterocycles. The van der Waals surface area contributed by atoms with Crippen LogP contribution < -0.4 is 0 Å². The fourth-order valence-corrected chi connectivity index (χ4v) is 5.95. The number of benzene rings is 5. The molecule has 5 aromatic carbocycles. The van der Waals surface area contributed by atoms with Crippen LogP contribution in [0.3, 0.4) is 0 Å². The maximum atomic E-state index is 2.38. The Morgan fingerprint density at radius 3 is 1.55 bits per heavy atom. The van der Waals surface area contributed by atoms with Crippen molar-refractivity contribution in [1.82, 2.24) is 9.13 Å². The van der Waals surface area contributed by atoms with Crippen LogP contribution in [0.1, 0.15) is 19.4 Å². The molecule has 0 fully saturated rings. The van der Waals surface area contributed by atoms with Crippen molar-refractivity contribution in [2.75, 3.05) is 0 Å². The molecule has 0 spiro atoms. The first-order valence-electron chi connectivity index (χ1n) is 13.2. The monoisotopic (exact) mass is 488 g/mol. The van der Waals surface area contributed by atoms with Crippen molar-refractivity contribution in [2.45, 2.75) is 13.8 Å². The van der Waals surface area contributed by atoms with E-state index < -0.39 is 0 Å². The quantitative estimate of drug-likeness (QED) is 0.218. The average Bonchev–Trinajstić information content (AvgIpc) is 3.49. The Morgan fingerprint density at radius 2 is 1.03 bits per heavy atom. The van der Waals surface area contributed by atoms with E-state index in [4.69, 9.17) is 0 Å². The van der Waals surface area contributed by atoms with Crippen LogP contribution in [0, 0.1) is 0 Å². The normalized spacial score (nSPS) is 12.8. The molecule has 0 bridgehead atoms. The van der Waals surface area contributed by atoms with Crippen molar-refractivity contribution in [3.63, 3.8) is 0 Å². The molecule has 0 saturated carbocycles. The third-order valence-electron chi connectivity index (χ3n) is 7.63. The first kappa shape index (κ1) is 22.4. The third-order valence-corrected chi connectivity index (χ3v) is 7.63. The van der Waals surface area contributed by atoms with Gasteiger partial charge in [0.2, 0.25) is 0 Å². The van der Waals surface area contributed by atoms with E-state index in [1.807, 2.05) is 0 Å². The van der Waals surface area contributed by atoms with Crippen LogP contribution in [0.4, 0.5) is 0 Å². The van der Waals surface area contributed by atoms with E-state index in [0.29, 0.717) is 0 Å². The predicted octanol–water partition coefficient (Wildman–Crippen LogP) is 9.86. The van der Waals surface area contributed by atoms with Gasteiger partial charge in [-0.05, 0) is 67.5 Å². The van der Waals surface area contributed by atoms with Gasteiger partial charge in [0.1, 0.15) is 0 Å². The first-order valence-corrected chi connectivity index (χ1v) is 13.2. The summed E-state index contributed by atoms with van der Waals surface area (Å²) in [5.41, 5.74) is 9.68. The minimum atomic E-state index is 1.17.